The maximum atomic E-state index is 12.1. The molecular weight excluding hydrogens is 280 g/mol. The second-order valence-electron chi connectivity index (χ2n) is 4.64. The molecule has 0 aromatic heterocycles. The van der Waals surface area contributed by atoms with E-state index in [1.165, 1.54) is 26.2 Å². The Bertz CT molecular complexity index is 584. The number of amides is 1. The Morgan fingerprint density at radius 2 is 2.05 bits per heavy atom. The quantitative estimate of drug-likeness (QED) is 0.828. The van der Waals surface area contributed by atoms with Crippen molar-refractivity contribution < 1.29 is 17.9 Å². The van der Waals surface area contributed by atoms with E-state index in [4.69, 9.17) is 4.74 Å². The van der Waals surface area contributed by atoms with Gasteiger partial charge in [-0.3, -0.25) is 4.79 Å². The third-order valence-corrected chi connectivity index (χ3v) is 4.18. The maximum Gasteiger partial charge on any atom is 0.240 e. The number of ether oxygens (including phenoxy) is 1. The molecule has 7 heteroatoms. The van der Waals surface area contributed by atoms with E-state index in [-0.39, 0.29) is 16.8 Å². The summed E-state index contributed by atoms with van der Waals surface area (Å²) in [4.78, 5) is 11.2. The number of anilines is 1. The number of rotatable bonds is 6. The normalized spacial score (nSPS) is 13.0. The van der Waals surface area contributed by atoms with E-state index in [0.29, 0.717) is 17.9 Å². The van der Waals surface area contributed by atoms with Gasteiger partial charge in [-0.25, -0.2) is 13.1 Å². The first-order chi connectivity index (χ1) is 9.26. The number of carbonyl (C=O) groups excluding carboxylic acids is 1. The molecule has 0 bridgehead atoms. The number of carbonyl (C=O) groups is 1. The molecule has 0 unspecified atom stereocenters. The van der Waals surface area contributed by atoms with Gasteiger partial charge in [-0.15, -0.1) is 0 Å². The van der Waals surface area contributed by atoms with Crippen molar-refractivity contribution in [3.8, 4) is 0 Å². The fraction of sp³-hybridized carbons (Fsp3) is 0.462. The first kappa shape index (κ1) is 16.6. The predicted molar refractivity (Wildman–Crippen MR) is 77.1 cm³/mol. The standard InChI is InChI=1S/C13H20N2O4S/c1-9-7-12(5-6-13(9)14-11(3)16)20(17,18)15-10(2)8-19-4/h5-7,10,15H,8H2,1-4H3,(H,14,16)/t10-/m0/s1. The van der Waals surface area contributed by atoms with Crippen molar-refractivity contribution in [1.82, 2.24) is 4.72 Å². The molecule has 0 heterocycles. The van der Waals surface area contributed by atoms with E-state index in [2.05, 4.69) is 10.0 Å². The number of benzene rings is 1. The number of methoxy groups -OCH3 is 1. The summed E-state index contributed by atoms with van der Waals surface area (Å²) in [5.41, 5.74) is 1.28. The van der Waals surface area contributed by atoms with Crippen LogP contribution in [0, 0.1) is 6.92 Å². The molecule has 6 nitrogen and oxygen atoms in total. The summed E-state index contributed by atoms with van der Waals surface area (Å²) in [6.45, 7) is 5.16. The predicted octanol–water partition coefficient (Wildman–Crippen LogP) is 1.27. The minimum Gasteiger partial charge on any atom is -0.383 e. The first-order valence-electron chi connectivity index (χ1n) is 6.15. The van der Waals surface area contributed by atoms with Crippen LogP contribution >= 0.6 is 0 Å². The molecule has 1 aromatic rings. The molecule has 0 saturated carbocycles. The van der Waals surface area contributed by atoms with Crippen LogP contribution in [0.15, 0.2) is 23.1 Å². The van der Waals surface area contributed by atoms with Crippen LogP contribution in [0.25, 0.3) is 0 Å². The number of nitrogens with one attached hydrogen (secondary N) is 2. The lowest BCUT2D eigenvalue weighted by atomic mass is 10.2. The zero-order chi connectivity index (χ0) is 15.3. The molecule has 0 saturated heterocycles. The monoisotopic (exact) mass is 300 g/mol. The van der Waals surface area contributed by atoms with Gasteiger partial charge in [-0.05, 0) is 37.6 Å². The van der Waals surface area contributed by atoms with Gasteiger partial charge < -0.3 is 10.1 Å². The van der Waals surface area contributed by atoms with Crippen LogP contribution in [0.1, 0.15) is 19.4 Å². The molecule has 0 aliphatic heterocycles. The van der Waals surface area contributed by atoms with Gasteiger partial charge in [0.2, 0.25) is 15.9 Å². The molecule has 0 radical (unpaired) electrons. The first-order valence-corrected chi connectivity index (χ1v) is 7.64. The van der Waals surface area contributed by atoms with Gasteiger partial charge in [-0.2, -0.15) is 0 Å². The highest BCUT2D eigenvalue weighted by molar-refractivity contribution is 7.89. The molecule has 0 aliphatic rings. The van der Waals surface area contributed by atoms with E-state index in [1.807, 2.05) is 0 Å². The molecule has 0 aliphatic carbocycles. The van der Waals surface area contributed by atoms with Crippen LogP contribution in [0.2, 0.25) is 0 Å². The highest BCUT2D eigenvalue weighted by Gasteiger charge is 2.18. The molecule has 1 aromatic carbocycles. The number of hydrogen-bond donors (Lipinski definition) is 2. The largest absolute Gasteiger partial charge is 0.383 e. The van der Waals surface area contributed by atoms with Gasteiger partial charge in [0.25, 0.3) is 0 Å². The minimum absolute atomic E-state index is 0.159. The van der Waals surface area contributed by atoms with Gasteiger partial charge in [0, 0.05) is 25.8 Å². The highest BCUT2D eigenvalue weighted by Crippen LogP contribution is 2.19. The fourth-order valence-corrected chi connectivity index (χ4v) is 3.06. The zero-order valence-corrected chi connectivity index (χ0v) is 12.9. The lowest BCUT2D eigenvalue weighted by molar-refractivity contribution is -0.114. The van der Waals surface area contributed by atoms with Gasteiger partial charge in [-0.1, -0.05) is 0 Å². The summed E-state index contributed by atoms with van der Waals surface area (Å²) in [5, 5.41) is 2.64. The summed E-state index contributed by atoms with van der Waals surface area (Å²) in [7, 11) is -2.08. The lowest BCUT2D eigenvalue weighted by Crippen LogP contribution is -2.35. The maximum absolute atomic E-state index is 12.1. The Balaban J connectivity index is 2.96. The van der Waals surface area contributed by atoms with Crippen LogP contribution in [0.4, 0.5) is 5.69 Å². The highest BCUT2D eigenvalue weighted by atomic mass is 32.2. The zero-order valence-electron chi connectivity index (χ0n) is 12.1. The van der Waals surface area contributed by atoms with Gasteiger partial charge in [0.05, 0.1) is 11.5 Å². The van der Waals surface area contributed by atoms with Crippen LogP contribution in [-0.2, 0) is 19.6 Å². The summed E-state index contributed by atoms with van der Waals surface area (Å²) >= 11 is 0. The Labute approximate surface area is 119 Å². The summed E-state index contributed by atoms with van der Waals surface area (Å²) in [6.07, 6.45) is 0. The lowest BCUT2D eigenvalue weighted by Gasteiger charge is -2.14. The Morgan fingerprint density at radius 1 is 1.40 bits per heavy atom. The summed E-state index contributed by atoms with van der Waals surface area (Å²) in [5.74, 6) is -0.199. The molecule has 1 atom stereocenters. The number of hydrogen-bond acceptors (Lipinski definition) is 4. The van der Waals surface area contributed by atoms with Crippen LogP contribution < -0.4 is 10.0 Å². The SMILES string of the molecule is COC[C@H](C)NS(=O)(=O)c1ccc(NC(C)=O)c(C)c1. The van der Waals surface area contributed by atoms with Gasteiger partial charge >= 0.3 is 0 Å². The third-order valence-electron chi connectivity index (χ3n) is 2.59. The summed E-state index contributed by atoms with van der Waals surface area (Å²) in [6, 6.07) is 4.24. The molecule has 20 heavy (non-hydrogen) atoms. The van der Waals surface area contributed by atoms with Crippen molar-refractivity contribution in [2.24, 2.45) is 0 Å². The van der Waals surface area contributed by atoms with Crippen molar-refractivity contribution in [3.63, 3.8) is 0 Å². The van der Waals surface area contributed by atoms with E-state index in [9.17, 15) is 13.2 Å². The van der Waals surface area contributed by atoms with Crippen molar-refractivity contribution in [3.05, 3.63) is 23.8 Å². The molecule has 0 spiro atoms. The second-order valence-corrected chi connectivity index (χ2v) is 6.35. The molecule has 0 fully saturated rings. The molecule has 2 N–H and O–H groups in total. The smallest absolute Gasteiger partial charge is 0.240 e. The van der Waals surface area contributed by atoms with Crippen molar-refractivity contribution in [2.75, 3.05) is 19.0 Å². The average Bonchev–Trinajstić information content (AvgIpc) is 2.30. The molecular formula is C13H20N2O4S. The van der Waals surface area contributed by atoms with E-state index in [1.54, 1.807) is 19.9 Å². The second kappa shape index (κ2) is 6.83. The van der Waals surface area contributed by atoms with Crippen molar-refractivity contribution >= 4 is 21.6 Å². The van der Waals surface area contributed by atoms with Crippen molar-refractivity contribution in [1.29, 1.82) is 0 Å². The van der Waals surface area contributed by atoms with Crippen LogP contribution in [0.5, 0.6) is 0 Å². The van der Waals surface area contributed by atoms with Crippen LogP contribution in [0.3, 0.4) is 0 Å². The van der Waals surface area contributed by atoms with Gasteiger partial charge in [0.15, 0.2) is 0 Å². The Kier molecular flexibility index (Phi) is 5.67. The third kappa shape index (κ3) is 4.59. The minimum atomic E-state index is -3.59. The Hall–Kier alpha value is -1.44. The fourth-order valence-electron chi connectivity index (χ4n) is 1.75. The number of aryl methyl sites for hydroxylation is 1. The van der Waals surface area contributed by atoms with E-state index < -0.39 is 10.0 Å². The number of sulfonamides is 1. The molecule has 1 rings (SSSR count). The summed E-state index contributed by atoms with van der Waals surface area (Å²) < 4.78 is 31.7. The van der Waals surface area contributed by atoms with Crippen LogP contribution in [-0.4, -0.2) is 34.1 Å². The van der Waals surface area contributed by atoms with E-state index >= 15 is 0 Å². The Morgan fingerprint density at radius 3 is 2.55 bits per heavy atom. The average molecular weight is 300 g/mol. The van der Waals surface area contributed by atoms with Gasteiger partial charge in [0.1, 0.15) is 0 Å². The van der Waals surface area contributed by atoms with E-state index in [0.717, 1.165) is 0 Å². The molecule has 112 valence electrons. The topological polar surface area (TPSA) is 84.5 Å². The molecule has 1 amide bonds. The van der Waals surface area contributed by atoms with Crippen molar-refractivity contribution in [2.45, 2.75) is 31.7 Å².